The molecule has 0 aliphatic heterocycles. The van der Waals surface area contributed by atoms with Crippen molar-refractivity contribution in [1.82, 2.24) is 0 Å². The number of alkyl halides is 2. The van der Waals surface area contributed by atoms with Gasteiger partial charge in [-0.1, -0.05) is 11.6 Å². The lowest BCUT2D eigenvalue weighted by Gasteiger charge is -2.11. The first-order chi connectivity index (χ1) is 7.95. The number of carbonyl (C=O) groups is 1. The summed E-state index contributed by atoms with van der Waals surface area (Å²) in [4.78, 5) is 11.4. The van der Waals surface area contributed by atoms with Crippen LogP contribution in [0.5, 0.6) is 5.75 Å². The van der Waals surface area contributed by atoms with Crippen LogP contribution in [0.3, 0.4) is 0 Å². The zero-order valence-electron chi connectivity index (χ0n) is 8.68. The second-order valence-electron chi connectivity index (χ2n) is 2.86. The maximum absolute atomic E-state index is 13.3. The summed E-state index contributed by atoms with van der Waals surface area (Å²) in [5, 5.41) is -0.118. The number of rotatable bonds is 4. The van der Waals surface area contributed by atoms with E-state index in [1.54, 1.807) is 0 Å². The van der Waals surface area contributed by atoms with Gasteiger partial charge in [-0.2, -0.15) is 8.78 Å². The molecule has 0 atom stereocenters. The van der Waals surface area contributed by atoms with E-state index in [9.17, 15) is 18.0 Å². The molecule has 94 valence electrons. The van der Waals surface area contributed by atoms with E-state index in [0.29, 0.717) is 0 Å². The van der Waals surface area contributed by atoms with Crippen LogP contribution in [0.25, 0.3) is 0 Å². The van der Waals surface area contributed by atoms with Crippen LogP contribution in [0.1, 0.15) is 17.3 Å². The van der Waals surface area contributed by atoms with E-state index in [1.807, 2.05) is 0 Å². The van der Waals surface area contributed by atoms with Crippen LogP contribution >= 0.6 is 11.6 Å². The zero-order chi connectivity index (χ0) is 13.0. The summed E-state index contributed by atoms with van der Waals surface area (Å²) < 4.78 is 45.9. The third-order valence-electron chi connectivity index (χ3n) is 1.71. The van der Waals surface area contributed by atoms with Gasteiger partial charge in [0.25, 0.3) is 0 Å². The SMILES string of the molecule is CCOC(=O)c1cc(Cl)cc(F)c1OC(F)F. The Kier molecular flexibility index (Phi) is 4.62. The molecule has 0 aromatic heterocycles. The summed E-state index contributed by atoms with van der Waals surface area (Å²) in [6.07, 6.45) is 0. The molecule has 0 saturated heterocycles. The molecule has 0 bridgehead atoms. The van der Waals surface area contributed by atoms with Crippen molar-refractivity contribution in [2.75, 3.05) is 6.61 Å². The van der Waals surface area contributed by atoms with Gasteiger partial charge in [0.1, 0.15) is 5.56 Å². The number of benzene rings is 1. The van der Waals surface area contributed by atoms with Crippen molar-refractivity contribution in [3.05, 3.63) is 28.5 Å². The first-order valence-electron chi connectivity index (χ1n) is 4.56. The minimum atomic E-state index is -3.25. The van der Waals surface area contributed by atoms with Gasteiger partial charge >= 0.3 is 12.6 Å². The van der Waals surface area contributed by atoms with E-state index in [-0.39, 0.29) is 11.6 Å². The maximum atomic E-state index is 13.3. The van der Waals surface area contributed by atoms with Crippen LogP contribution in [-0.2, 0) is 4.74 Å². The minimum Gasteiger partial charge on any atom is -0.462 e. The van der Waals surface area contributed by atoms with Crippen LogP contribution in [0.15, 0.2) is 12.1 Å². The predicted molar refractivity (Wildman–Crippen MR) is 54.0 cm³/mol. The third kappa shape index (κ3) is 3.52. The number of ether oxygens (including phenoxy) is 2. The molecule has 0 spiro atoms. The average Bonchev–Trinajstić information content (AvgIpc) is 2.21. The molecule has 17 heavy (non-hydrogen) atoms. The summed E-state index contributed by atoms with van der Waals surface area (Å²) in [6, 6.07) is 1.77. The fraction of sp³-hybridized carbons (Fsp3) is 0.300. The molecule has 0 saturated carbocycles. The van der Waals surface area contributed by atoms with E-state index in [4.69, 9.17) is 11.6 Å². The summed E-state index contributed by atoms with van der Waals surface area (Å²) in [5.41, 5.74) is -0.475. The average molecular weight is 269 g/mol. The lowest BCUT2D eigenvalue weighted by atomic mass is 10.2. The highest BCUT2D eigenvalue weighted by Crippen LogP contribution is 2.29. The molecule has 0 heterocycles. The molecule has 1 rings (SSSR count). The fourth-order valence-corrected chi connectivity index (χ4v) is 1.33. The Balaban J connectivity index is 3.19. The molecule has 0 radical (unpaired) electrons. The number of carbonyl (C=O) groups excluding carboxylic acids is 1. The number of esters is 1. The zero-order valence-corrected chi connectivity index (χ0v) is 9.43. The topological polar surface area (TPSA) is 35.5 Å². The first-order valence-corrected chi connectivity index (χ1v) is 4.94. The number of halogens is 4. The van der Waals surface area contributed by atoms with Crippen molar-refractivity contribution in [1.29, 1.82) is 0 Å². The molecule has 0 aliphatic rings. The Morgan fingerprint density at radius 3 is 2.65 bits per heavy atom. The largest absolute Gasteiger partial charge is 0.462 e. The van der Waals surface area contributed by atoms with E-state index in [0.717, 1.165) is 12.1 Å². The molecular weight excluding hydrogens is 261 g/mol. The van der Waals surface area contributed by atoms with Crippen molar-refractivity contribution in [3.8, 4) is 5.75 Å². The van der Waals surface area contributed by atoms with Gasteiger partial charge in [0, 0.05) is 5.02 Å². The Labute approximate surface area is 100 Å². The number of hydrogen-bond donors (Lipinski definition) is 0. The van der Waals surface area contributed by atoms with Gasteiger partial charge in [-0.15, -0.1) is 0 Å². The Bertz CT molecular complexity index is 424. The second kappa shape index (κ2) is 5.77. The van der Waals surface area contributed by atoms with Crippen LogP contribution in [-0.4, -0.2) is 19.2 Å². The molecule has 7 heteroatoms. The maximum Gasteiger partial charge on any atom is 0.387 e. The Hall–Kier alpha value is -1.43. The monoisotopic (exact) mass is 268 g/mol. The van der Waals surface area contributed by atoms with Crippen LogP contribution in [0.2, 0.25) is 5.02 Å². The van der Waals surface area contributed by atoms with Crippen LogP contribution in [0.4, 0.5) is 13.2 Å². The first kappa shape index (κ1) is 13.6. The van der Waals surface area contributed by atoms with E-state index in [2.05, 4.69) is 9.47 Å². The molecule has 3 nitrogen and oxygen atoms in total. The van der Waals surface area contributed by atoms with E-state index in [1.165, 1.54) is 6.92 Å². The van der Waals surface area contributed by atoms with Crippen molar-refractivity contribution >= 4 is 17.6 Å². The van der Waals surface area contributed by atoms with Gasteiger partial charge in [-0.3, -0.25) is 0 Å². The molecular formula is C10H8ClF3O3. The molecule has 0 fully saturated rings. The number of hydrogen-bond acceptors (Lipinski definition) is 3. The van der Waals surface area contributed by atoms with Gasteiger partial charge in [0.15, 0.2) is 11.6 Å². The summed E-state index contributed by atoms with van der Waals surface area (Å²) in [7, 11) is 0. The van der Waals surface area contributed by atoms with Crippen LogP contribution in [0, 0.1) is 5.82 Å². The van der Waals surface area contributed by atoms with Crippen molar-refractivity contribution in [2.24, 2.45) is 0 Å². The second-order valence-corrected chi connectivity index (χ2v) is 3.30. The van der Waals surface area contributed by atoms with Gasteiger partial charge in [-0.25, -0.2) is 9.18 Å². The van der Waals surface area contributed by atoms with E-state index < -0.39 is 29.7 Å². The van der Waals surface area contributed by atoms with Crippen molar-refractivity contribution in [2.45, 2.75) is 13.5 Å². The molecule has 0 amide bonds. The minimum absolute atomic E-state index is 0.0150. The highest BCUT2D eigenvalue weighted by molar-refractivity contribution is 6.31. The van der Waals surface area contributed by atoms with Crippen molar-refractivity contribution < 1.29 is 27.4 Å². The van der Waals surface area contributed by atoms with Crippen LogP contribution < -0.4 is 4.74 Å². The Morgan fingerprint density at radius 1 is 1.47 bits per heavy atom. The summed E-state index contributed by atoms with van der Waals surface area (Å²) in [6.45, 7) is -1.72. The lowest BCUT2D eigenvalue weighted by Crippen LogP contribution is -2.12. The third-order valence-corrected chi connectivity index (χ3v) is 1.93. The quantitative estimate of drug-likeness (QED) is 0.786. The van der Waals surface area contributed by atoms with Gasteiger partial charge in [-0.05, 0) is 19.1 Å². The molecule has 0 aliphatic carbocycles. The normalized spacial score (nSPS) is 10.5. The standard InChI is InChI=1S/C10H8ClF3O3/c1-2-16-9(15)6-3-5(11)4-7(12)8(6)17-10(13)14/h3-4,10H,2H2,1H3. The summed E-state index contributed by atoms with van der Waals surface area (Å²) in [5.74, 6) is -3.01. The highest BCUT2D eigenvalue weighted by Gasteiger charge is 2.22. The molecule has 1 aromatic rings. The van der Waals surface area contributed by atoms with Gasteiger partial charge < -0.3 is 9.47 Å². The molecule has 0 N–H and O–H groups in total. The predicted octanol–water partition coefficient (Wildman–Crippen LogP) is 3.26. The van der Waals surface area contributed by atoms with Gasteiger partial charge in [0.2, 0.25) is 0 Å². The molecule has 1 aromatic carbocycles. The summed E-state index contributed by atoms with van der Waals surface area (Å²) >= 11 is 5.51. The molecule has 0 unspecified atom stereocenters. The smallest absolute Gasteiger partial charge is 0.387 e. The highest BCUT2D eigenvalue weighted by atomic mass is 35.5. The lowest BCUT2D eigenvalue weighted by molar-refractivity contribution is -0.0528. The van der Waals surface area contributed by atoms with Crippen molar-refractivity contribution in [3.63, 3.8) is 0 Å². The Morgan fingerprint density at radius 2 is 2.12 bits per heavy atom. The van der Waals surface area contributed by atoms with Gasteiger partial charge in [0.05, 0.1) is 6.61 Å². The fourth-order valence-electron chi connectivity index (χ4n) is 1.13. The van der Waals surface area contributed by atoms with E-state index >= 15 is 0 Å².